The molecule has 3 nitrogen and oxygen atoms in total. The fourth-order valence-electron chi connectivity index (χ4n) is 2.73. The SMILES string of the molecule is CCC(CC)(CC)NCc1ccc2c(c1)OCCCO2. The van der Waals surface area contributed by atoms with Gasteiger partial charge in [0.15, 0.2) is 11.5 Å². The molecule has 20 heavy (non-hydrogen) atoms. The summed E-state index contributed by atoms with van der Waals surface area (Å²) < 4.78 is 11.4. The average molecular weight is 277 g/mol. The first kappa shape index (κ1) is 15.2. The lowest BCUT2D eigenvalue weighted by molar-refractivity contribution is 0.287. The van der Waals surface area contributed by atoms with Crippen LogP contribution in [0.25, 0.3) is 0 Å². The number of fused-ring (bicyclic) bond motifs is 1. The molecule has 0 spiro atoms. The van der Waals surface area contributed by atoms with Gasteiger partial charge in [0.1, 0.15) is 0 Å². The van der Waals surface area contributed by atoms with Crippen LogP contribution in [0.2, 0.25) is 0 Å². The summed E-state index contributed by atoms with van der Waals surface area (Å²) in [7, 11) is 0. The van der Waals surface area contributed by atoms with Crippen molar-refractivity contribution in [2.24, 2.45) is 0 Å². The van der Waals surface area contributed by atoms with Crippen molar-refractivity contribution in [3.05, 3.63) is 23.8 Å². The quantitative estimate of drug-likeness (QED) is 0.855. The van der Waals surface area contributed by atoms with Gasteiger partial charge in [-0.1, -0.05) is 26.8 Å². The lowest BCUT2D eigenvalue weighted by Gasteiger charge is -2.32. The maximum absolute atomic E-state index is 5.75. The molecule has 0 aliphatic carbocycles. The molecule has 0 bridgehead atoms. The van der Waals surface area contributed by atoms with Crippen LogP contribution in [0.15, 0.2) is 18.2 Å². The van der Waals surface area contributed by atoms with Gasteiger partial charge in [0.25, 0.3) is 0 Å². The number of hydrogen-bond acceptors (Lipinski definition) is 3. The highest BCUT2D eigenvalue weighted by molar-refractivity contribution is 5.43. The van der Waals surface area contributed by atoms with E-state index in [1.54, 1.807) is 0 Å². The van der Waals surface area contributed by atoms with Crippen molar-refractivity contribution in [1.82, 2.24) is 5.32 Å². The van der Waals surface area contributed by atoms with E-state index >= 15 is 0 Å². The molecule has 0 aromatic heterocycles. The molecule has 0 unspecified atom stereocenters. The van der Waals surface area contributed by atoms with E-state index in [0.717, 1.165) is 56.9 Å². The maximum Gasteiger partial charge on any atom is 0.161 e. The maximum atomic E-state index is 5.75. The highest BCUT2D eigenvalue weighted by atomic mass is 16.5. The van der Waals surface area contributed by atoms with Gasteiger partial charge in [-0.15, -0.1) is 0 Å². The Kier molecular flexibility index (Phi) is 5.30. The van der Waals surface area contributed by atoms with E-state index in [1.165, 1.54) is 5.56 Å². The largest absolute Gasteiger partial charge is 0.490 e. The number of hydrogen-bond donors (Lipinski definition) is 1. The fourth-order valence-corrected chi connectivity index (χ4v) is 2.73. The van der Waals surface area contributed by atoms with Crippen molar-refractivity contribution in [3.8, 4) is 11.5 Å². The minimum Gasteiger partial charge on any atom is -0.490 e. The Labute approximate surface area is 122 Å². The Hall–Kier alpha value is -1.22. The molecule has 2 rings (SSSR count). The van der Waals surface area contributed by atoms with E-state index in [2.05, 4.69) is 38.2 Å². The topological polar surface area (TPSA) is 30.5 Å². The molecule has 1 heterocycles. The van der Waals surface area contributed by atoms with E-state index in [9.17, 15) is 0 Å². The van der Waals surface area contributed by atoms with Crippen molar-refractivity contribution in [3.63, 3.8) is 0 Å². The highest BCUT2D eigenvalue weighted by Gasteiger charge is 2.22. The zero-order chi connectivity index (χ0) is 14.4. The van der Waals surface area contributed by atoms with Crippen LogP contribution in [0, 0.1) is 0 Å². The number of nitrogens with one attached hydrogen (secondary N) is 1. The third-order valence-electron chi connectivity index (χ3n) is 4.51. The number of ether oxygens (including phenoxy) is 2. The van der Waals surface area contributed by atoms with Crippen LogP contribution in [0.4, 0.5) is 0 Å². The lowest BCUT2D eigenvalue weighted by atomic mass is 9.89. The molecular formula is C17H27NO2. The van der Waals surface area contributed by atoms with Crippen LogP contribution in [0.1, 0.15) is 52.0 Å². The van der Waals surface area contributed by atoms with Crippen LogP contribution < -0.4 is 14.8 Å². The molecule has 0 atom stereocenters. The molecule has 0 fully saturated rings. The van der Waals surface area contributed by atoms with Crippen LogP contribution in [0.3, 0.4) is 0 Å². The van der Waals surface area contributed by atoms with Crippen molar-refractivity contribution in [2.45, 2.75) is 58.5 Å². The minimum atomic E-state index is 0.254. The van der Waals surface area contributed by atoms with Crippen molar-refractivity contribution < 1.29 is 9.47 Å². The van der Waals surface area contributed by atoms with E-state index in [4.69, 9.17) is 9.47 Å². The summed E-state index contributed by atoms with van der Waals surface area (Å²) in [5, 5.41) is 3.72. The lowest BCUT2D eigenvalue weighted by Crippen LogP contribution is -2.43. The van der Waals surface area contributed by atoms with Crippen LogP contribution in [-0.2, 0) is 6.54 Å². The molecule has 1 N–H and O–H groups in total. The Balaban J connectivity index is 2.05. The van der Waals surface area contributed by atoms with E-state index in [-0.39, 0.29) is 5.54 Å². The van der Waals surface area contributed by atoms with Gasteiger partial charge in [-0.2, -0.15) is 0 Å². The second-order valence-corrected chi connectivity index (χ2v) is 5.53. The number of rotatable bonds is 6. The Morgan fingerprint density at radius 3 is 2.30 bits per heavy atom. The Morgan fingerprint density at radius 1 is 1.00 bits per heavy atom. The molecular weight excluding hydrogens is 250 g/mol. The second kappa shape index (κ2) is 6.98. The standard InChI is InChI=1S/C17H27NO2/c1-4-17(5-2,6-3)18-13-14-8-9-15-16(12-14)20-11-7-10-19-15/h8-9,12,18H,4-7,10-11,13H2,1-3H3. The van der Waals surface area contributed by atoms with Gasteiger partial charge >= 0.3 is 0 Å². The van der Waals surface area contributed by atoms with Crippen LogP contribution in [0.5, 0.6) is 11.5 Å². The smallest absolute Gasteiger partial charge is 0.161 e. The molecule has 1 aliphatic rings. The molecule has 0 saturated heterocycles. The van der Waals surface area contributed by atoms with Crippen LogP contribution in [-0.4, -0.2) is 18.8 Å². The van der Waals surface area contributed by atoms with Gasteiger partial charge in [0, 0.05) is 18.5 Å². The summed E-state index contributed by atoms with van der Waals surface area (Å²) in [6.07, 6.45) is 4.42. The van der Waals surface area contributed by atoms with E-state index in [1.807, 2.05) is 6.07 Å². The van der Waals surface area contributed by atoms with Gasteiger partial charge in [-0.25, -0.2) is 0 Å². The zero-order valence-electron chi connectivity index (χ0n) is 13.0. The van der Waals surface area contributed by atoms with E-state index in [0.29, 0.717) is 0 Å². The van der Waals surface area contributed by atoms with Gasteiger partial charge in [0.2, 0.25) is 0 Å². The normalized spacial score (nSPS) is 14.9. The van der Waals surface area contributed by atoms with Gasteiger partial charge < -0.3 is 14.8 Å². The van der Waals surface area contributed by atoms with Crippen LogP contribution >= 0.6 is 0 Å². The highest BCUT2D eigenvalue weighted by Crippen LogP contribution is 2.30. The second-order valence-electron chi connectivity index (χ2n) is 5.53. The first-order valence-corrected chi connectivity index (χ1v) is 7.86. The summed E-state index contributed by atoms with van der Waals surface area (Å²) in [6, 6.07) is 6.27. The molecule has 112 valence electrons. The first-order valence-electron chi connectivity index (χ1n) is 7.86. The predicted octanol–water partition coefficient (Wildman–Crippen LogP) is 3.91. The third-order valence-corrected chi connectivity index (χ3v) is 4.51. The molecule has 1 aromatic carbocycles. The first-order chi connectivity index (χ1) is 9.73. The summed E-state index contributed by atoms with van der Waals surface area (Å²) >= 11 is 0. The molecule has 3 heteroatoms. The summed E-state index contributed by atoms with van der Waals surface area (Å²) in [4.78, 5) is 0. The molecule has 0 radical (unpaired) electrons. The molecule has 1 aliphatic heterocycles. The summed E-state index contributed by atoms with van der Waals surface area (Å²) in [6.45, 7) is 9.14. The molecule has 0 saturated carbocycles. The summed E-state index contributed by atoms with van der Waals surface area (Å²) in [5.74, 6) is 1.76. The Bertz CT molecular complexity index is 419. The summed E-state index contributed by atoms with van der Waals surface area (Å²) in [5.41, 5.74) is 1.51. The van der Waals surface area contributed by atoms with Gasteiger partial charge in [-0.3, -0.25) is 0 Å². The fraction of sp³-hybridized carbons (Fsp3) is 0.647. The van der Waals surface area contributed by atoms with E-state index < -0.39 is 0 Å². The third kappa shape index (κ3) is 3.45. The molecule has 0 amide bonds. The Morgan fingerprint density at radius 2 is 1.65 bits per heavy atom. The van der Waals surface area contributed by atoms with Crippen molar-refractivity contribution in [2.75, 3.05) is 13.2 Å². The average Bonchev–Trinajstić information content (AvgIpc) is 2.74. The van der Waals surface area contributed by atoms with Gasteiger partial charge in [0.05, 0.1) is 13.2 Å². The predicted molar refractivity (Wildman–Crippen MR) is 82.5 cm³/mol. The van der Waals surface area contributed by atoms with Crippen molar-refractivity contribution in [1.29, 1.82) is 0 Å². The van der Waals surface area contributed by atoms with Crippen molar-refractivity contribution >= 4 is 0 Å². The zero-order valence-corrected chi connectivity index (χ0v) is 13.0. The molecule has 1 aromatic rings. The monoisotopic (exact) mass is 277 g/mol. The van der Waals surface area contributed by atoms with Gasteiger partial charge in [-0.05, 0) is 37.0 Å². The number of benzene rings is 1. The minimum absolute atomic E-state index is 0.254.